The number of rotatable bonds is 7. The number of benzene rings is 1. The topological polar surface area (TPSA) is 72.7 Å². The summed E-state index contributed by atoms with van der Waals surface area (Å²) in [4.78, 5) is 17.6. The zero-order valence-corrected chi connectivity index (χ0v) is 18.1. The number of aromatic nitrogens is 4. The van der Waals surface area contributed by atoms with Crippen LogP contribution in [0.1, 0.15) is 6.92 Å². The molecule has 3 heterocycles. The van der Waals surface area contributed by atoms with Crippen molar-refractivity contribution in [3.8, 4) is 22.0 Å². The largest absolute Gasteiger partial charge is 0.302 e. The van der Waals surface area contributed by atoms with Crippen LogP contribution in [0.2, 0.25) is 0 Å². The Morgan fingerprint density at radius 2 is 2.07 bits per heavy atom. The highest BCUT2D eigenvalue weighted by molar-refractivity contribution is 7.99. The van der Waals surface area contributed by atoms with Crippen molar-refractivity contribution < 1.29 is 13.6 Å². The van der Waals surface area contributed by atoms with Gasteiger partial charge in [-0.15, -0.1) is 32.9 Å². The molecule has 6 nitrogen and oxygen atoms in total. The van der Waals surface area contributed by atoms with E-state index in [-0.39, 0.29) is 11.7 Å². The first-order chi connectivity index (χ1) is 14.5. The zero-order valence-electron chi connectivity index (χ0n) is 15.6. The average Bonchev–Trinajstić information content (AvgIpc) is 3.48. The summed E-state index contributed by atoms with van der Waals surface area (Å²) in [5.41, 5.74) is 0.908. The molecule has 154 valence electrons. The Balaban J connectivity index is 1.39. The van der Waals surface area contributed by atoms with Gasteiger partial charge in [-0.3, -0.25) is 4.79 Å². The summed E-state index contributed by atoms with van der Waals surface area (Å²) in [7, 11) is 0. The second-order valence-electron chi connectivity index (χ2n) is 6.03. The van der Waals surface area contributed by atoms with Crippen LogP contribution in [0.5, 0.6) is 0 Å². The van der Waals surface area contributed by atoms with E-state index in [9.17, 15) is 13.6 Å². The van der Waals surface area contributed by atoms with Gasteiger partial charge in [-0.05, 0) is 36.6 Å². The molecular weight excluding hydrogens is 448 g/mol. The predicted molar refractivity (Wildman–Crippen MR) is 116 cm³/mol. The monoisotopic (exact) mass is 463 g/mol. The van der Waals surface area contributed by atoms with Crippen LogP contribution in [0.15, 0.2) is 46.2 Å². The van der Waals surface area contributed by atoms with Gasteiger partial charge in [0.2, 0.25) is 5.91 Å². The van der Waals surface area contributed by atoms with Crippen LogP contribution in [0.4, 0.5) is 13.9 Å². The molecule has 0 saturated carbocycles. The second-order valence-corrected chi connectivity index (χ2v) is 8.78. The van der Waals surface area contributed by atoms with E-state index in [0.717, 1.165) is 22.8 Å². The standard InChI is InChI=1S/C19H15F2N5OS3/c1-2-26-17(15-4-3-7-28-15)24-25-19(26)30-10-16(27)23-18-22-14(9-29-18)11-5-6-12(20)13(21)8-11/h3-9H,2,10H2,1H3,(H,22,23,27). The second kappa shape index (κ2) is 9.02. The van der Waals surface area contributed by atoms with Crippen molar-refractivity contribution in [2.75, 3.05) is 11.1 Å². The van der Waals surface area contributed by atoms with Crippen LogP contribution < -0.4 is 5.32 Å². The molecule has 11 heteroatoms. The van der Waals surface area contributed by atoms with Gasteiger partial charge in [-0.1, -0.05) is 17.8 Å². The minimum Gasteiger partial charge on any atom is -0.302 e. The number of amides is 1. The summed E-state index contributed by atoms with van der Waals surface area (Å²) >= 11 is 4.09. The maximum Gasteiger partial charge on any atom is 0.236 e. The number of hydrogen-bond acceptors (Lipinski definition) is 7. The first kappa shape index (κ1) is 20.6. The Morgan fingerprint density at radius 1 is 1.20 bits per heavy atom. The predicted octanol–water partition coefficient (Wildman–Crippen LogP) is 5.16. The van der Waals surface area contributed by atoms with Gasteiger partial charge in [0.05, 0.1) is 16.3 Å². The van der Waals surface area contributed by atoms with Crippen molar-refractivity contribution in [1.29, 1.82) is 0 Å². The molecule has 4 rings (SSSR count). The lowest BCUT2D eigenvalue weighted by atomic mass is 10.2. The van der Waals surface area contributed by atoms with Gasteiger partial charge in [-0.25, -0.2) is 13.8 Å². The van der Waals surface area contributed by atoms with Crippen LogP contribution >= 0.6 is 34.4 Å². The van der Waals surface area contributed by atoms with E-state index in [4.69, 9.17) is 0 Å². The molecule has 0 bridgehead atoms. The SMILES string of the molecule is CCn1c(SCC(=O)Nc2nc(-c3ccc(F)c(F)c3)cs2)nnc1-c1cccs1. The number of thioether (sulfide) groups is 1. The number of thiophene rings is 1. The average molecular weight is 464 g/mol. The molecule has 30 heavy (non-hydrogen) atoms. The summed E-state index contributed by atoms with van der Waals surface area (Å²) in [6.45, 7) is 2.69. The van der Waals surface area contributed by atoms with Gasteiger partial charge in [0, 0.05) is 17.5 Å². The number of thiazole rings is 1. The number of carbonyl (C=O) groups is 1. The summed E-state index contributed by atoms with van der Waals surface area (Å²) in [6.07, 6.45) is 0. The Labute approximate surface area is 183 Å². The molecule has 3 aromatic heterocycles. The summed E-state index contributed by atoms with van der Waals surface area (Å²) in [6, 6.07) is 7.51. The lowest BCUT2D eigenvalue weighted by Gasteiger charge is -2.06. The van der Waals surface area contributed by atoms with Crippen molar-refractivity contribution >= 4 is 45.5 Å². The van der Waals surface area contributed by atoms with Crippen LogP contribution in [-0.2, 0) is 11.3 Å². The smallest absolute Gasteiger partial charge is 0.236 e. The number of anilines is 1. The van der Waals surface area contributed by atoms with Crippen LogP contribution in [0.3, 0.4) is 0 Å². The number of halogens is 2. The summed E-state index contributed by atoms with van der Waals surface area (Å²) in [5, 5.41) is 15.9. The third kappa shape index (κ3) is 4.42. The van der Waals surface area contributed by atoms with Gasteiger partial charge in [-0.2, -0.15) is 0 Å². The van der Waals surface area contributed by atoms with E-state index < -0.39 is 11.6 Å². The lowest BCUT2D eigenvalue weighted by molar-refractivity contribution is -0.113. The molecule has 4 aromatic rings. The van der Waals surface area contributed by atoms with Gasteiger partial charge in [0.25, 0.3) is 0 Å². The van der Waals surface area contributed by atoms with E-state index in [1.165, 1.54) is 29.2 Å². The van der Waals surface area contributed by atoms with Crippen molar-refractivity contribution in [2.45, 2.75) is 18.6 Å². The van der Waals surface area contributed by atoms with Crippen LogP contribution in [0.25, 0.3) is 22.0 Å². The number of carbonyl (C=O) groups excluding carboxylic acids is 1. The molecule has 0 fully saturated rings. The van der Waals surface area contributed by atoms with Crippen molar-refractivity contribution in [2.24, 2.45) is 0 Å². The number of nitrogens with zero attached hydrogens (tertiary/aromatic N) is 4. The molecule has 0 unspecified atom stereocenters. The first-order valence-electron chi connectivity index (χ1n) is 8.86. The van der Waals surface area contributed by atoms with Crippen molar-refractivity contribution in [3.63, 3.8) is 0 Å². The fraction of sp³-hybridized carbons (Fsp3) is 0.158. The van der Waals surface area contributed by atoms with Crippen LogP contribution in [-0.4, -0.2) is 31.4 Å². The molecule has 0 aliphatic heterocycles. The molecule has 0 aliphatic rings. The Hall–Kier alpha value is -2.63. The van der Waals surface area contributed by atoms with E-state index in [1.807, 2.05) is 29.0 Å². The minimum absolute atomic E-state index is 0.142. The van der Waals surface area contributed by atoms with E-state index in [2.05, 4.69) is 20.5 Å². The van der Waals surface area contributed by atoms with Gasteiger partial charge < -0.3 is 9.88 Å². The quantitative estimate of drug-likeness (QED) is 0.383. The van der Waals surface area contributed by atoms with E-state index >= 15 is 0 Å². The van der Waals surface area contributed by atoms with E-state index in [1.54, 1.807) is 16.7 Å². The van der Waals surface area contributed by atoms with Gasteiger partial charge in [0.15, 0.2) is 27.7 Å². The lowest BCUT2D eigenvalue weighted by Crippen LogP contribution is -2.14. The van der Waals surface area contributed by atoms with Crippen molar-refractivity contribution in [1.82, 2.24) is 19.7 Å². The van der Waals surface area contributed by atoms with Gasteiger partial charge >= 0.3 is 0 Å². The minimum atomic E-state index is -0.940. The molecule has 1 amide bonds. The molecule has 0 saturated heterocycles. The highest BCUT2D eigenvalue weighted by Crippen LogP contribution is 2.28. The highest BCUT2D eigenvalue weighted by atomic mass is 32.2. The summed E-state index contributed by atoms with van der Waals surface area (Å²) < 4.78 is 28.5. The maximum absolute atomic E-state index is 13.4. The molecule has 0 aliphatic carbocycles. The van der Waals surface area contributed by atoms with Crippen LogP contribution in [0, 0.1) is 11.6 Å². The summed E-state index contributed by atoms with van der Waals surface area (Å²) in [5.74, 6) is -1.17. The molecular formula is C19H15F2N5OS3. The molecule has 1 N–H and O–H groups in total. The number of hydrogen-bond donors (Lipinski definition) is 1. The molecule has 0 radical (unpaired) electrons. The third-order valence-corrected chi connectivity index (χ3v) is 6.66. The zero-order chi connectivity index (χ0) is 21.1. The third-order valence-electron chi connectivity index (χ3n) is 4.07. The molecule has 0 spiro atoms. The molecule has 0 atom stereocenters. The van der Waals surface area contributed by atoms with Gasteiger partial charge in [0.1, 0.15) is 0 Å². The highest BCUT2D eigenvalue weighted by Gasteiger charge is 2.16. The van der Waals surface area contributed by atoms with Crippen molar-refractivity contribution in [3.05, 3.63) is 52.7 Å². The number of nitrogens with one attached hydrogen (secondary N) is 1. The Kier molecular flexibility index (Phi) is 6.21. The first-order valence-corrected chi connectivity index (χ1v) is 11.6. The molecule has 1 aromatic carbocycles. The fourth-order valence-electron chi connectivity index (χ4n) is 2.67. The Morgan fingerprint density at radius 3 is 2.80 bits per heavy atom. The van der Waals surface area contributed by atoms with E-state index in [0.29, 0.717) is 28.1 Å². The fourth-order valence-corrected chi connectivity index (χ4v) is 4.93. The normalized spacial score (nSPS) is 11.0. The Bertz CT molecular complexity index is 1170. The maximum atomic E-state index is 13.4.